The molecule has 3 aromatic carbocycles. The molecule has 4 aromatic heterocycles. The second-order valence-corrected chi connectivity index (χ2v) is 18.7. The van der Waals surface area contributed by atoms with Crippen LogP contribution in [0.5, 0.6) is 0 Å². The zero-order valence-corrected chi connectivity index (χ0v) is 38.5. The number of esters is 1. The minimum absolute atomic E-state index is 0.111. The van der Waals surface area contributed by atoms with Crippen LogP contribution >= 0.6 is 45.3 Å². The van der Waals surface area contributed by atoms with Crippen LogP contribution in [0.15, 0.2) is 72.8 Å². The Labute approximate surface area is 390 Å². The van der Waals surface area contributed by atoms with E-state index in [0.717, 1.165) is 105 Å². The predicted molar refractivity (Wildman–Crippen MR) is 251 cm³/mol. The molecule has 0 bridgehead atoms. The molecular formula is C43H48N12O6S4. The fraction of sp³-hybridized carbons (Fsp3) is 0.326. The molecule has 0 saturated heterocycles. The number of hydrogen-bond acceptors (Lipinski definition) is 20. The van der Waals surface area contributed by atoms with Gasteiger partial charge in [-0.25, -0.2) is 0 Å². The molecular weight excluding hydrogens is 909 g/mol. The number of benzene rings is 3. The Kier molecular flexibility index (Phi) is 18.8. The van der Waals surface area contributed by atoms with E-state index in [4.69, 9.17) is 16.2 Å². The van der Waals surface area contributed by atoms with Gasteiger partial charge in [0.05, 0.1) is 32.5 Å². The molecule has 8 N–H and O–H groups in total. The van der Waals surface area contributed by atoms with Gasteiger partial charge in [-0.3, -0.25) is 14.4 Å². The molecule has 0 radical (unpaired) electrons. The first-order valence-electron chi connectivity index (χ1n) is 20.6. The summed E-state index contributed by atoms with van der Waals surface area (Å²) in [6.07, 6.45) is 7.88. The zero-order valence-electron chi connectivity index (χ0n) is 35.2. The van der Waals surface area contributed by atoms with Gasteiger partial charge in [0.1, 0.15) is 26.6 Å². The number of rotatable bonds is 18. The lowest BCUT2D eigenvalue weighted by molar-refractivity contribution is -0.145. The van der Waals surface area contributed by atoms with Crippen molar-refractivity contribution in [1.29, 1.82) is 0 Å². The van der Waals surface area contributed by atoms with Gasteiger partial charge in [-0.2, -0.15) is 0 Å². The van der Waals surface area contributed by atoms with Crippen LogP contribution < -0.4 is 22.1 Å². The van der Waals surface area contributed by atoms with E-state index < -0.39 is 0 Å². The number of nitrogens with two attached hydrogens (primary N) is 2. The molecule has 22 heteroatoms. The van der Waals surface area contributed by atoms with Crippen molar-refractivity contribution in [3.05, 3.63) is 126 Å². The number of nitrogens with zero attached hydrogens (tertiary/aromatic N) is 8. The molecule has 5 heterocycles. The van der Waals surface area contributed by atoms with Crippen LogP contribution in [0.25, 0.3) is 0 Å². The van der Waals surface area contributed by atoms with Gasteiger partial charge in [0, 0.05) is 25.7 Å². The summed E-state index contributed by atoms with van der Waals surface area (Å²) >= 11 is 5.60. The molecule has 1 aliphatic heterocycles. The van der Waals surface area contributed by atoms with Crippen molar-refractivity contribution in [2.24, 2.45) is 0 Å². The average molecular weight is 957 g/mol. The van der Waals surface area contributed by atoms with Gasteiger partial charge in [0.2, 0.25) is 32.3 Å². The van der Waals surface area contributed by atoms with Crippen LogP contribution in [-0.4, -0.2) is 68.8 Å². The van der Waals surface area contributed by atoms with Gasteiger partial charge in [0.25, 0.3) is 0 Å². The summed E-state index contributed by atoms with van der Waals surface area (Å²) in [5, 5.41) is 61.9. The maximum Gasteiger partial charge on any atom is 0.310 e. The Balaban J connectivity index is 0.000000209. The molecule has 340 valence electrons. The standard InChI is InChI=1S/C26H28N6O4S2.C9H8O2.C8H12N6S2/c33-15-19-9-3-1-7-17(19)13-21(35)27-25-31-29-23(37-25)11-5-6-12-24-30-32-26(38-24)28-22(36)14-18-8-2-4-10-20(18)16-34;10-9-5-7-3-1-2-4-8(7)6-11-9;9-7-13-11-5(15-7)3-1-2-4-6-12-14-8(10)16-6/h1-4,7-10,33-34H,5-6,11-16H2,(H,27,31,35)(H,28,32,36);1-4H,5-6H2;1-4H2,(H2,9,13)(H2,10,14). The van der Waals surface area contributed by atoms with E-state index in [1.807, 2.05) is 60.7 Å². The first kappa shape index (κ1) is 48.3. The lowest BCUT2D eigenvalue weighted by Crippen LogP contribution is -2.15. The molecule has 0 aliphatic carbocycles. The SMILES string of the molecule is Nc1nnc(CCCCc2nnc(N)s2)s1.O=C(Cc1ccccc1CO)Nc1nnc(CCCCc2nnc(NC(=O)Cc3ccccc3CO)s2)s1.O=C1Cc2ccccc2CO1. The Bertz CT molecular complexity index is 2470. The molecule has 0 atom stereocenters. The van der Waals surface area contributed by atoms with Gasteiger partial charge >= 0.3 is 5.97 Å². The summed E-state index contributed by atoms with van der Waals surface area (Å²) in [5.74, 6) is -0.528. The summed E-state index contributed by atoms with van der Waals surface area (Å²) in [6, 6.07) is 22.4. The smallest absolute Gasteiger partial charge is 0.310 e. The van der Waals surface area contributed by atoms with Crippen molar-refractivity contribution < 1.29 is 29.3 Å². The third kappa shape index (κ3) is 16.1. The van der Waals surface area contributed by atoms with Crippen LogP contribution in [-0.2, 0) is 83.9 Å². The lowest BCUT2D eigenvalue weighted by atomic mass is 10.0. The molecule has 1 aliphatic rings. The highest BCUT2D eigenvalue weighted by molar-refractivity contribution is 7.16. The highest BCUT2D eigenvalue weighted by Gasteiger charge is 2.16. The highest BCUT2D eigenvalue weighted by Crippen LogP contribution is 2.22. The lowest BCUT2D eigenvalue weighted by Gasteiger charge is -2.14. The number of aliphatic hydroxyl groups excluding tert-OH is 2. The number of nitrogen functional groups attached to an aromatic ring is 2. The number of aliphatic hydroxyl groups is 2. The van der Waals surface area contributed by atoms with Crippen molar-refractivity contribution in [2.45, 2.75) is 90.4 Å². The Hall–Kier alpha value is -6.17. The number of cyclic esters (lactones) is 1. The van der Waals surface area contributed by atoms with Crippen molar-refractivity contribution in [3.63, 3.8) is 0 Å². The van der Waals surface area contributed by atoms with Crippen LogP contribution in [0, 0.1) is 0 Å². The first-order valence-corrected chi connectivity index (χ1v) is 23.9. The molecule has 2 amide bonds. The topological polar surface area (TPSA) is 280 Å². The van der Waals surface area contributed by atoms with Crippen LogP contribution in [0.2, 0.25) is 0 Å². The van der Waals surface area contributed by atoms with E-state index in [2.05, 4.69) is 51.4 Å². The molecule has 0 unspecified atom stereocenters. The number of fused-ring (bicyclic) bond motifs is 1. The number of aromatic nitrogens is 8. The van der Waals surface area contributed by atoms with Gasteiger partial charge in [-0.05, 0) is 59.1 Å². The van der Waals surface area contributed by atoms with Crippen LogP contribution in [0.3, 0.4) is 0 Å². The van der Waals surface area contributed by atoms with Gasteiger partial charge in [-0.1, -0.05) is 118 Å². The number of anilines is 4. The van der Waals surface area contributed by atoms with Crippen LogP contribution in [0.1, 0.15) is 79.1 Å². The number of amides is 2. The highest BCUT2D eigenvalue weighted by atomic mass is 32.1. The summed E-state index contributed by atoms with van der Waals surface area (Å²) < 4.78 is 4.87. The molecule has 18 nitrogen and oxygen atoms in total. The van der Waals surface area contributed by atoms with Crippen molar-refractivity contribution in [2.75, 3.05) is 22.1 Å². The normalized spacial score (nSPS) is 11.6. The summed E-state index contributed by atoms with van der Waals surface area (Å²) in [4.78, 5) is 35.5. The average Bonchev–Trinajstić information content (AvgIpc) is 4.14. The van der Waals surface area contributed by atoms with E-state index in [-0.39, 0.29) is 43.8 Å². The van der Waals surface area contributed by atoms with Gasteiger partial charge in [-0.15, -0.1) is 40.8 Å². The minimum atomic E-state index is -0.203. The zero-order chi connectivity index (χ0) is 45.8. The van der Waals surface area contributed by atoms with Crippen molar-refractivity contribution in [1.82, 2.24) is 40.8 Å². The Morgan fingerprint density at radius 2 is 0.923 bits per heavy atom. The van der Waals surface area contributed by atoms with E-state index >= 15 is 0 Å². The first-order chi connectivity index (χ1) is 31.6. The maximum atomic E-state index is 12.4. The Morgan fingerprint density at radius 3 is 1.34 bits per heavy atom. The largest absolute Gasteiger partial charge is 0.461 e. The summed E-state index contributed by atoms with van der Waals surface area (Å²) in [7, 11) is 0. The van der Waals surface area contributed by atoms with E-state index in [1.165, 1.54) is 45.3 Å². The molecule has 7 aromatic rings. The minimum Gasteiger partial charge on any atom is -0.461 e. The molecule has 8 rings (SSSR count). The number of carbonyl (C=O) groups is 3. The fourth-order valence-corrected chi connectivity index (χ4v) is 9.22. The van der Waals surface area contributed by atoms with E-state index in [1.54, 1.807) is 12.1 Å². The Morgan fingerprint density at radius 1 is 0.538 bits per heavy atom. The molecule has 0 saturated carbocycles. The quantitative estimate of drug-likeness (QED) is 0.0444. The fourth-order valence-electron chi connectivity index (χ4n) is 6.33. The number of aryl methyl sites for hydroxylation is 4. The second-order valence-electron chi connectivity index (χ2n) is 14.4. The molecule has 65 heavy (non-hydrogen) atoms. The third-order valence-corrected chi connectivity index (χ3v) is 13.0. The number of unbranched alkanes of at least 4 members (excludes halogenated alkanes) is 2. The van der Waals surface area contributed by atoms with Crippen molar-refractivity contribution >= 4 is 83.7 Å². The third-order valence-electron chi connectivity index (χ3n) is 9.58. The molecule has 0 spiro atoms. The van der Waals surface area contributed by atoms with Gasteiger partial charge in [0.15, 0.2) is 0 Å². The van der Waals surface area contributed by atoms with Crippen LogP contribution in [0.4, 0.5) is 20.5 Å². The monoisotopic (exact) mass is 956 g/mol. The van der Waals surface area contributed by atoms with Crippen molar-refractivity contribution in [3.8, 4) is 0 Å². The summed E-state index contributed by atoms with van der Waals surface area (Å²) in [6.45, 7) is 0.217. The number of ether oxygens (including phenoxy) is 1. The maximum absolute atomic E-state index is 12.4. The van der Waals surface area contributed by atoms with E-state index in [9.17, 15) is 24.6 Å². The summed E-state index contributed by atoms with van der Waals surface area (Å²) in [5.41, 5.74) is 16.2. The second kappa shape index (κ2) is 25.4. The van der Waals surface area contributed by atoms with E-state index in [0.29, 0.717) is 33.6 Å². The number of nitrogens with one attached hydrogen (secondary N) is 2. The van der Waals surface area contributed by atoms with Gasteiger partial charge < -0.3 is 37.1 Å². The number of carbonyl (C=O) groups excluding carboxylic acids is 3. The predicted octanol–water partition coefficient (Wildman–Crippen LogP) is 5.71. The number of hydrogen-bond donors (Lipinski definition) is 6. The molecule has 0 fully saturated rings.